The minimum absolute atomic E-state index is 0.0105. The van der Waals surface area contributed by atoms with Crippen molar-refractivity contribution in [2.75, 3.05) is 32.8 Å². The van der Waals surface area contributed by atoms with E-state index < -0.39 is 17.3 Å². The van der Waals surface area contributed by atoms with E-state index in [0.29, 0.717) is 54.2 Å². The molecule has 0 spiro atoms. The summed E-state index contributed by atoms with van der Waals surface area (Å²) in [6.45, 7) is 3.51. The summed E-state index contributed by atoms with van der Waals surface area (Å²) in [4.78, 5) is 8.96. The number of nitrogens with zero attached hydrogens (tertiary/aromatic N) is 2. The molecule has 2 aromatic carbocycles. The first-order chi connectivity index (χ1) is 16.7. The Hall–Kier alpha value is -3.07. The molecule has 1 aromatic heterocycles. The minimum atomic E-state index is -3.28. The van der Waals surface area contributed by atoms with E-state index in [-0.39, 0.29) is 17.5 Å². The number of hydrogen-bond acceptors (Lipinski definition) is 6. The second-order valence-electron chi connectivity index (χ2n) is 9.24. The highest BCUT2D eigenvalue weighted by atomic mass is 19.3. The Morgan fingerprint density at radius 1 is 1.09 bits per heavy atom. The van der Waals surface area contributed by atoms with Gasteiger partial charge in [-0.1, -0.05) is 24.6 Å². The van der Waals surface area contributed by atoms with Crippen LogP contribution in [0.5, 0.6) is 11.5 Å². The summed E-state index contributed by atoms with van der Waals surface area (Å²) in [6, 6.07) is 7.55. The topological polar surface area (TPSA) is 65.5 Å². The molecule has 4 rings (SSSR count). The number of nitrogens with one attached hydrogen (secondary N) is 1. The van der Waals surface area contributed by atoms with Gasteiger partial charge in [0.2, 0.25) is 0 Å². The van der Waals surface area contributed by atoms with Crippen LogP contribution >= 0.6 is 0 Å². The van der Waals surface area contributed by atoms with Gasteiger partial charge in [0.15, 0.2) is 11.5 Å². The Kier molecular flexibility index (Phi) is 7.07. The average Bonchev–Trinajstić information content (AvgIpc) is 2.78. The minimum Gasteiger partial charge on any atom is -0.493 e. The van der Waals surface area contributed by atoms with Gasteiger partial charge in [0.1, 0.15) is 17.5 Å². The van der Waals surface area contributed by atoms with Gasteiger partial charge in [-0.25, -0.2) is 23.1 Å². The fraction of sp³-hybridized carbons (Fsp3) is 0.462. The average molecular weight is 490 g/mol. The lowest BCUT2D eigenvalue weighted by Gasteiger charge is -2.40. The number of anilines is 1. The molecule has 9 heteroatoms. The molecule has 0 saturated heterocycles. The molecule has 1 aliphatic carbocycles. The molecule has 188 valence electrons. The van der Waals surface area contributed by atoms with Crippen molar-refractivity contribution >= 4 is 16.7 Å². The van der Waals surface area contributed by atoms with E-state index in [2.05, 4.69) is 15.3 Å². The van der Waals surface area contributed by atoms with Crippen LogP contribution in [-0.2, 0) is 17.2 Å². The van der Waals surface area contributed by atoms with Crippen LogP contribution in [0.4, 0.5) is 19.0 Å². The van der Waals surface area contributed by atoms with E-state index in [9.17, 15) is 13.2 Å². The van der Waals surface area contributed by atoms with E-state index in [1.54, 1.807) is 33.3 Å². The van der Waals surface area contributed by atoms with Crippen molar-refractivity contribution in [3.8, 4) is 11.5 Å². The Morgan fingerprint density at radius 2 is 1.86 bits per heavy atom. The summed E-state index contributed by atoms with van der Waals surface area (Å²) in [6.07, 6.45) is 3.21. The first-order valence-electron chi connectivity index (χ1n) is 11.5. The molecule has 0 unspecified atom stereocenters. The van der Waals surface area contributed by atoms with Gasteiger partial charge in [0, 0.05) is 43.0 Å². The summed E-state index contributed by atoms with van der Waals surface area (Å²) < 4.78 is 59.4. The maximum absolute atomic E-state index is 14.7. The fourth-order valence-electron chi connectivity index (χ4n) is 4.44. The van der Waals surface area contributed by atoms with Crippen LogP contribution in [0, 0.1) is 18.2 Å². The molecular formula is C26H30F3N3O3. The van der Waals surface area contributed by atoms with Crippen LogP contribution in [0.1, 0.15) is 43.1 Å². The lowest BCUT2D eigenvalue weighted by atomic mass is 9.70. The van der Waals surface area contributed by atoms with Gasteiger partial charge >= 0.3 is 0 Å². The van der Waals surface area contributed by atoms with Crippen molar-refractivity contribution in [2.45, 2.75) is 45.6 Å². The predicted octanol–water partition coefficient (Wildman–Crippen LogP) is 6.01. The maximum atomic E-state index is 14.7. The maximum Gasteiger partial charge on any atom is 0.273 e. The van der Waals surface area contributed by atoms with Gasteiger partial charge in [-0.05, 0) is 25.8 Å². The molecule has 0 atom stereocenters. The molecule has 1 heterocycles. The summed E-state index contributed by atoms with van der Waals surface area (Å²) in [5.74, 6) is -2.19. The quantitative estimate of drug-likeness (QED) is 0.377. The van der Waals surface area contributed by atoms with Crippen LogP contribution in [0.2, 0.25) is 0 Å². The number of rotatable bonds is 10. The second-order valence-corrected chi connectivity index (χ2v) is 9.24. The smallest absolute Gasteiger partial charge is 0.273 e. The van der Waals surface area contributed by atoms with Gasteiger partial charge in [0.25, 0.3) is 5.92 Å². The third-order valence-corrected chi connectivity index (χ3v) is 6.49. The zero-order chi connectivity index (χ0) is 25.2. The van der Waals surface area contributed by atoms with E-state index in [4.69, 9.17) is 14.2 Å². The molecular weight excluding hydrogens is 459 g/mol. The molecule has 1 fully saturated rings. The van der Waals surface area contributed by atoms with Crippen molar-refractivity contribution in [1.29, 1.82) is 0 Å². The van der Waals surface area contributed by atoms with Crippen molar-refractivity contribution in [3.63, 3.8) is 0 Å². The molecule has 0 aliphatic heterocycles. The summed E-state index contributed by atoms with van der Waals surface area (Å²) in [5.41, 5.74) is 0.0873. The largest absolute Gasteiger partial charge is 0.493 e. The third kappa shape index (κ3) is 5.29. The fourth-order valence-corrected chi connectivity index (χ4v) is 4.44. The highest BCUT2D eigenvalue weighted by molar-refractivity contribution is 5.91. The third-order valence-electron chi connectivity index (χ3n) is 6.49. The number of benzene rings is 2. The highest BCUT2D eigenvalue weighted by Crippen LogP contribution is 2.43. The monoisotopic (exact) mass is 489 g/mol. The van der Waals surface area contributed by atoms with Gasteiger partial charge in [-0.3, -0.25) is 0 Å². The van der Waals surface area contributed by atoms with Crippen molar-refractivity contribution in [3.05, 3.63) is 53.1 Å². The Bertz CT molecular complexity index is 1210. The number of methoxy groups -OCH3 is 2. The number of hydrogen-bond donors (Lipinski definition) is 1. The number of alkyl halides is 2. The van der Waals surface area contributed by atoms with Gasteiger partial charge in [0.05, 0.1) is 31.4 Å². The molecule has 0 amide bonds. The van der Waals surface area contributed by atoms with Crippen LogP contribution < -0.4 is 14.8 Å². The SMILES string of the molecule is COCC1(COc2cc3c(NCc4cccc(C(C)(F)F)c4F)nc(C)nc3cc2OC)CCC1. The lowest BCUT2D eigenvalue weighted by Crippen LogP contribution is -2.39. The summed E-state index contributed by atoms with van der Waals surface area (Å²) in [5, 5.41) is 3.74. The van der Waals surface area contributed by atoms with E-state index in [0.717, 1.165) is 25.3 Å². The van der Waals surface area contributed by atoms with Crippen molar-refractivity contribution in [2.24, 2.45) is 5.41 Å². The standard InChI is InChI=1S/C26H30F3N3O3/c1-16-31-20-12-21(34-4)22(35-15-26(14-33-3)9-6-10-26)11-18(20)24(32-16)30-13-17-7-5-8-19(23(17)27)25(2,28)29/h5,7-8,11-12H,6,9-10,13-15H2,1-4H3,(H,30,31,32). The van der Waals surface area contributed by atoms with E-state index in [1.165, 1.54) is 12.1 Å². The highest BCUT2D eigenvalue weighted by Gasteiger charge is 2.38. The molecule has 6 nitrogen and oxygen atoms in total. The summed E-state index contributed by atoms with van der Waals surface area (Å²) >= 11 is 0. The van der Waals surface area contributed by atoms with Crippen LogP contribution in [0.25, 0.3) is 10.9 Å². The van der Waals surface area contributed by atoms with Crippen LogP contribution in [0.15, 0.2) is 30.3 Å². The van der Waals surface area contributed by atoms with Gasteiger partial charge in [-0.2, -0.15) is 0 Å². The van der Waals surface area contributed by atoms with E-state index >= 15 is 0 Å². The van der Waals surface area contributed by atoms with Crippen LogP contribution in [-0.4, -0.2) is 37.4 Å². The first-order valence-corrected chi connectivity index (χ1v) is 11.5. The Morgan fingerprint density at radius 3 is 2.49 bits per heavy atom. The number of aromatic nitrogens is 2. The lowest BCUT2D eigenvalue weighted by molar-refractivity contribution is -0.0191. The molecule has 1 saturated carbocycles. The van der Waals surface area contributed by atoms with E-state index in [1.807, 2.05) is 0 Å². The van der Waals surface area contributed by atoms with Crippen molar-refractivity contribution in [1.82, 2.24) is 9.97 Å². The Labute approximate surface area is 202 Å². The molecule has 0 bridgehead atoms. The molecule has 1 N–H and O–H groups in total. The van der Waals surface area contributed by atoms with Gasteiger partial charge < -0.3 is 19.5 Å². The van der Waals surface area contributed by atoms with Gasteiger partial charge in [-0.15, -0.1) is 0 Å². The normalized spacial score (nSPS) is 15.1. The zero-order valence-corrected chi connectivity index (χ0v) is 20.4. The second kappa shape index (κ2) is 9.89. The zero-order valence-electron chi connectivity index (χ0n) is 20.4. The molecule has 35 heavy (non-hydrogen) atoms. The molecule has 1 aliphatic rings. The molecule has 3 aromatic rings. The number of ether oxygens (including phenoxy) is 3. The number of aryl methyl sites for hydroxylation is 1. The number of halogens is 3. The number of fused-ring (bicyclic) bond motifs is 1. The van der Waals surface area contributed by atoms with Crippen molar-refractivity contribution < 1.29 is 27.4 Å². The predicted molar refractivity (Wildman–Crippen MR) is 128 cm³/mol. The van der Waals surface area contributed by atoms with Crippen LogP contribution in [0.3, 0.4) is 0 Å². The Balaban J connectivity index is 1.64. The first kappa shape index (κ1) is 25.0. The summed E-state index contributed by atoms with van der Waals surface area (Å²) in [7, 11) is 3.25. The molecule has 0 radical (unpaired) electrons.